The van der Waals surface area contributed by atoms with Gasteiger partial charge in [-0.2, -0.15) is 13.2 Å². The molecule has 1 aromatic rings. The van der Waals surface area contributed by atoms with Crippen molar-refractivity contribution in [3.05, 3.63) is 34.6 Å². The van der Waals surface area contributed by atoms with Crippen LogP contribution in [0.1, 0.15) is 25.8 Å². The molecule has 1 aliphatic rings. The van der Waals surface area contributed by atoms with Crippen LogP contribution in [0.3, 0.4) is 0 Å². The number of likely N-dealkylation sites (tertiary alicyclic amines) is 1. The molecule has 10 heteroatoms. The third-order valence-corrected chi connectivity index (χ3v) is 4.64. The first-order valence-corrected chi connectivity index (χ1v) is 8.62. The van der Waals surface area contributed by atoms with Crippen molar-refractivity contribution < 1.29 is 27.2 Å². The lowest BCUT2D eigenvalue weighted by molar-refractivity contribution is -0.157. The van der Waals surface area contributed by atoms with Crippen molar-refractivity contribution in [2.45, 2.75) is 37.9 Å². The van der Waals surface area contributed by atoms with Gasteiger partial charge >= 0.3 is 12.2 Å². The maximum atomic E-state index is 13.2. The first-order valence-electron chi connectivity index (χ1n) is 8.24. The van der Waals surface area contributed by atoms with Crippen LogP contribution in [0.25, 0.3) is 0 Å². The highest BCUT2D eigenvalue weighted by molar-refractivity contribution is 6.31. The first-order chi connectivity index (χ1) is 12.4. The molecule has 0 radical (unpaired) electrons. The van der Waals surface area contributed by atoms with Crippen LogP contribution in [0.2, 0.25) is 5.02 Å². The number of nitrogens with zero attached hydrogens (tertiary/aromatic N) is 1. The molecular weight excluding hydrogens is 390 g/mol. The van der Waals surface area contributed by atoms with Crippen LogP contribution in [0.15, 0.2) is 18.2 Å². The number of hydrogen-bond acceptors (Lipinski definition) is 2. The Labute approximate surface area is 159 Å². The Morgan fingerprint density at radius 3 is 2.59 bits per heavy atom. The van der Waals surface area contributed by atoms with E-state index in [9.17, 15) is 27.2 Å². The van der Waals surface area contributed by atoms with Crippen molar-refractivity contribution >= 4 is 23.5 Å². The summed E-state index contributed by atoms with van der Waals surface area (Å²) in [7, 11) is 0. The van der Waals surface area contributed by atoms with Crippen molar-refractivity contribution in [3.63, 3.8) is 0 Å². The number of carbonyl (C=O) groups is 2. The predicted molar refractivity (Wildman–Crippen MR) is 92.0 cm³/mol. The minimum absolute atomic E-state index is 0.0695. The van der Waals surface area contributed by atoms with Crippen LogP contribution in [0.4, 0.5) is 22.4 Å². The molecule has 2 rings (SSSR count). The second-order valence-corrected chi connectivity index (χ2v) is 7.46. The van der Waals surface area contributed by atoms with Gasteiger partial charge in [-0.25, -0.2) is 9.18 Å². The van der Waals surface area contributed by atoms with Crippen LogP contribution >= 0.6 is 11.6 Å². The van der Waals surface area contributed by atoms with Crippen molar-refractivity contribution in [1.29, 1.82) is 0 Å². The van der Waals surface area contributed by atoms with E-state index >= 15 is 0 Å². The SMILES string of the molecule is CC(C)(CNC(=O)N[C@H]1CCN(CC(F)(F)F)C1=O)c1ccc(F)cc1Cl. The van der Waals surface area contributed by atoms with Gasteiger partial charge in [-0.15, -0.1) is 0 Å². The van der Waals surface area contributed by atoms with Crippen LogP contribution in [0.5, 0.6) is 0 Å². The molecule has 0 unspecified atom stereocenters. The lowest BCUT2D eigenvalue weighted by atomic mass is 9.84. The lowest BCUT2D eigenvalue weighted by Crippen LogP contribution is -2.49. The summed E-state index contributed by atoms with van der Waals surface area (Å²) >= 11 is 6.04. The first kappa shape index (κ1) is 21.3. The molecule has 0 saturated carbocycles. The second-order valence-electron chi connectivity index (χ2n) is 7.05. The molecule has 0 bridgehead atoms. The van der Waals surface area contributed by atoms with Crippen LogP contribution in [-0.2, 0) is 10.2 Å². The molecule has 150 valence electrons. The van der Waals surface area contributed by atoms with E-state index in [2.05, 4.69) is 10.6 Å². The average molecular weight is 410 g/mol. The number of hydrogen-bond donors (Lipinski definition) is 2. The highest BCUT2D eigenvalue weighted by atomic mass is 35.5. The number of nitrogens with one attached hydrogen (secondary N) is 2. The molecule has 1 aromatic carbocycles. The molecule has 5 nitrogen and oxygen atoms in total. The van der Waals surface area contributed by atoms with Crippen LogP contribution in [0, 0.1) is 5.82 Å². The molecule has 1 aliphatic heterocycles. The molecule has 0 aromatic heterocycles. The van der Waals surface area contributed by atoms with E-state index in [0.29, 0.717) is 10.5 Å². The van der Waals surface area contributed by atoms with Crippen molar-refractivity contribution in [1.82, 2.24) is 15.5 Å². The van der Waals surface area contributed by atoms with E-state index < -0.39 is 41.9 Å². The summed E-state index contributed by atoms with van der Waals surface area (Å²) < 4.78 is 50.4. The molecule has 1 saturated heterocycles. The fourth-order valence-corrected chi connectivity index (χ4v) is 3.31. The number of rotatable bonds is 5. The Balaban J connectivity index is 1.90. The Hall–Kier alpha value is -2.03. The van der Waals surface area contributed by atoms with E-state index in [1.165, 1.54) is 18.2 Å². The maximum absolute atomic E-state index is 13.2. The van der Waals surface area contributed by atoms with Crippen LogP contribution in [-0.4, -0.2) is 48.7 Å². The minimum Gasteiger partial charge on any atom is -0.337 e. The Morgan fingerprint density at radius 1 is 1.33 bits per heavy atom. The zero-order valence-electron chi connectivity index (χ0n) is 14.8. The number of halogens is 5. The highest BCUT2D eigenvalue weighted by Gasteiger charge is 2.39. The number of urea groups is 1. The number of amides is 3. The zero-order chi connectivity index (χ0) is 20.4. The van der Waals surface area contributed by atoms with Crippen LogP contribution < -0.4 is 10.6 Å². The monoisotopic (exact) mass is 409 g/mol. The fourth-order valence-electron chi connectivity index (χ4n) is 2.89. The van der Waals surface area contributed by atoms with Crippen molar-refractivity contribution in [3.8, 4) is 0 Å². The molecule has 0 spiro atoms. The van der Waals surface area contributed by atoms with E-state index in [1.54, 1.807) is 13.8 Å². The van der Waals surface area contributed by atoms with Gasteiger partial charge in [0.1, 0.15) is 18.4 Å². The van der Waals surface area contributed by atoms with E-state index in [1.807, 2.05) is 0 Å². The molecular formula is C17H20ClF4N3O2. The highest BCUT2D eigenvalue weighted by Crippen LogP contribution is 2.30. The molecule has 0 aliphatic carbocycles. The molecule has 27 heavy (non-hydrogen) atoms. The Kier molecular flexibility index (Phi) is 6.24. The maximum Gasteiger partial charge on any atom is 0.406 e. The van der Waals surface area contributed by atoms with Gasteiger partial charge in [-0.05, 0) is 24.1 Å². The van der Waals surface area contributed by atoms with Gasteiger partial charge in [0.2, 0.25) is 5.91 Å². The minimum atomic E-state index is -4.48. The average Bonchev–Trinajstić information content (AvgIpc) is 2.84. The molecule has 1 heterocycles. The van der Waals surface area contributed by atoms with E-state index in [4.69, 9.17) is 11.6 Å². The summed E-state index contributed by atoms with van der Waals surface area (Å²) in [5.74, 6) is -1.24. The summed E-state index contributed by atoms with van der Waals surface area (Å²) in [5.41, 5.74) is -0.0106. The third kappa shape index (κ3) is 5.72. The van der Waals surface area contributed by atoms with Gasteiger partial charge in [-0.3, -0.25) is 4.79 Å². The number of benzene rings is 1. The number of carbonyl (C=O) groups excluding carboxylic acids is 2. The van der Waals surface area contributed by atoms with Crippen molar-refractivity contribution in [2.24, 2.45) is 0 Å². The van der Waals surface area contributed by atoms with Gasteiger partial charge in [-0.1, -0.05) is 31.5 Å². The van der Waals surface area contributed by atoms with Gasteiger partial charge in [0, 0.05) is 23.5 Å². The molecule has 2 N–H and O–H groups in total. The van der Waals surface area contributed by atoms with Gasteiger partial charge in [0.05, 0.1) is 0 Å². The topological polar surface area (TPSA) is 61.4 Å². The quantitative estimate of drug-likeness (QED) is 0.733. The summed E-state index contributed by atoms with van der Waals surface area (Å²) in [6, 6.07) is 2.28. The second kappa shape index (κ2) is 7.92. The largest absolute Gasteiger partial charge is 0.406 e. The summed E-state index contributed by atoms with van der Waals surface area (Å²) in [4.78, 5) is 24.7. The fraction of sp³-hybridized carbons (Fsp3) is 0.529. The van der Waals surface area contributed by atoms with E-state index in [-0.39, 0.29) is 24.5 Å². The van der Waals surface area contributed by atoms with Gasteiger partial charge in [0.25, 0.3) is 0 Å². The van der Waals surface area contributed by atoms with E-state index in [0.717, 1.165) is 0 Å². The molecule has 1 fully saturated rings. The normalized spacial score (nSPS) is 18.0. The standard InChI is InChI=1S/C17H20ClF4N3O2/c1-16(2,11-4-3-10(19)7-12(11)18)8-23-15(27)24-13-5-6-25(14(13)26)9-17(20,21)22/h3-4,7,13H,5-6,8-9H2,1-2H3,(H2,23,24,27)/t13-/m0/s1. The summed E-state index contributed by atoms with van der Waals surface area (Å²) in [6.45, 7) is 2.30. The van der Waals surface area contributed by atoms with Gasteiger partial charge in [0.15, 0.2) is 0 Å². The predicted octanol–water partition coefficient (Wildman–Crippen LogP) is 3.22. The molecule has 3 amide bonds. The molecule has 1 atom stereocenters. The Morgan fingerprint density at radius 2 is 2.00 bits per heavy atom. The Bertz CT molecular complexity index is 725. The summed E-state index contributed by atoms with van der Waals surface area (Å²) in [5, 5.41) is 5.19. The number of alkyl halides is 3. The summed E-state index contributed by atoms with van der Waals surface area (Å²) in [6.07, 6.45) is -4.37. The zero-order valence-corrected chi connectivity index (χ0v) is 15.5. The van der Waals surface area contributed by atoms with Gasteiger partial charge < -0.3 is 15.5 Å². The lowest BCUT2D eigenvalue weighted by Gasteiger charge is -2.27. The third-order valence-electron chi connectivity index (χ3n) is 4.32. The van der Waals surface area contributed by atoms with Crippen molar-refractivity contribution in [2.75, 3.05) is 19.6 Å². The smallest absolute Gasteiger partial charge is 0.337 e.